The van der Waals surface area contributed by atoms with Gasteiger partial charge in [-0.25, -0.2) is 0 Å². The first-order valence-electron chi connectivity index (χ1n) is 10.4. The van der Waals surface area contributed by atoms with Gasteiger partial charge in [-0.2, -0.15) is 0 Å². The molecule has 3 aliphatic rings. The first-order chi connectivity index (χ1) is 13.3. The van der Waals surface area contributed by atoms with E-state index in [1.165, 1.54) is 4.90 Å². The van der Waals surface area contributed by atoms with Crippen molar-refractivity contribution in [2.75, 3.05) is 5.32 Å². The predicted molar refractivity (Wildman–Crippen MR) is 106 cm³/mol. The number of nitrogens with one attached hydrogen (secondary N) is 2. The molecule has 0 saturated carbocycles. The average Bonchev–Trinajstić information content (AvgIpc) is 3.26. The lowest BCUT2D eigenvalue weighted by Crippen LogP contribution is -2.54. The number of anilines is 1. The summed E-state index contributed by atoms with van der Waals surface area (Å²) in [7, 11) is 0. The van der Waals surface area contributed by atoms with E-state index in [2.05, 4.69) is 17.6 Å². The third kappa shape index (κ3) is 2.27. The molecule has 28 heavy (non-hydrogen) atoms. The first-order valence-corrected chi connectivity index (χ1v) is 10.4. The van der Waals surface area contributed by atoms with Crippen LogP contribution in [0.15, 0.2) is 18.2 Å². The highest BCUT2D eigenvalue weighted by molar-refractivity contribution is 6.15. The lowest BCUT2D eigenvalue weighted by molar-refractivity contribution is -0.145. The summed E-state index contributed by atoms with van der Waals surface area (Å²) < 4.78 is 0. The minimum Gasteiger partial charge on any atom is -0.324 e. The number of amides is 3. The van der Waals surface area contributed by atoms with Gasteiger partial charge in [-0.3, -0.25) is 24.6 Å². The molecule has 0 aliphatic carbocycles. The summed E-state index contributed by atoms with van der Waals surface area (Å²) in [5.74, 6) is -1.67. The largest absolute Gasteiger partial charge is 0.324 e. The molecule has 6 heteroatoms. The lowest BCUT2D eigenvalue weighted by Gasteiger charge is -2.32. The predicted octanol–water partition coefficient (Wildman–Crippen LogP) is 2.42. The van der Waals surface area contributed by atoms with Crippen LogP contribution in [0.3, 0.4) is 0 Å². The Balaban J connectivity index is 1.91. The molecular formula is C22H29N3O3. The van der Waals surface area contributed by atoms with Gasteiger partial charge in [0.25, 0.3) is 0 Å². The number of likely N-dealkylation sites (tertiary alicyclic amines) is 1. The summed E-state index contributed by atoms with van der Waals surface area (Å²) in [4.78, 5) is 41.6. The number of hydrogen-bond acceptors (Lipinski definition) is 4. The highest BCUT2D eigenvalue weighted by Crippen LogP contribution is 2.54. The number of benzene rings is 1. The zero-order valence-corrected chi connectivity index (χ0v) is 17.2. The molecule has 5 unspecified atom stereocenters. The molecule has 150 valence electrons. The van der Waals surface area contributed by atoms with Crippen molar-refractivity contribution in [3.63, 3.8) is 0 Å². The normalized spacial score (nSPS) is 32.3. The Hall–Kier alpha value is -2.21. The van der Waals surface area contributed by atoms with E-state index in [1.54, 1.807) is 0 Å². The number of imide groups is 1. The van der Waals surface area contributed by atoms with Crippen LogP contribution in [0.2, 0.25) is 0 Å². The Labute approximate surface area is 166 Å². The maximum atomic E-state index is 13.5. The van der Waals surface area contributed by atoms with Crippen LogP contribution in [0, 0.1) is 17.8 Å². The van der Waals surface area contributed by atoms with Crippen LogP contribution in [-0.4, -0.2) is 34.7 Å². The third-order valence-corrected chi connectivity index (χ3v) is 6.91. The molecular weight excluding hydrogens is 354 g/mol. The van der Waals surface area contributed by atoms with Gasteiger partial charge in [0.2, 0.25) is 17.7 Å². The molecule has 2 saturated heterocycles. The van der Waals surface area contributed by atoms with Crippen LogP contribution in [0.1, 0.15) is 52.2 Å². The molecule has 0 radical (unpaired) electrons. The number of rotatable bonds is 4. The van der Waals surface area contributed by atoms with Crippen molar-refractivity contribution in [1.29, 1.82) is 0 Å². The fourth-order valence-corrected chi connectivity index (χ4v) is 5.21. The molecule has 0 aromatic heterocycles. The van der Waals surface area contributed by atoms with Gasteiger partial charge in [0, 0.05) is 23.3 Å². The second-order valence-electron chi connectivity index (χ2n) is 8.72. The monoisotopic (exact) mass is 383 g/mol. The van der Waals surface area contributed by atoms with E-state index in [9.17, 15) is 14.4 Å². The van der Waals surface area contributed by atoms with Gasteiger partial charge in [-0.1, -0.05) is 39.8 Å². The molecule has 3 amide bonds. The molecule has 0 bridgehead atoms. The number of nitrogens with zero attached hydrogens (tertiary/aromatic N) is 1. The number of aryl methyl sites for hydroxylation is 1. The Morgan fingerprint density at radius 1 is 1.11 bits per heavy atom. The Kier molecular flexibility index (Phi) is 4.38. The molecule has 5 atom stereocenters. The van der Waals surface area contributed by atoms with Gasteiger partial charge in [0.1, 0.15) is 5.54 Å². The maximum absolute atomic E-state index is 13.5. The lowest BCUT2D eigenvalue weighted by atomic mass is 9.75. The van der Waals surface area contributed by atoms with Gasteiger partial charge < -0.3 is 5.32 Å². The second kappa shape index (κ2) is 6.41. The van der Waals surface area contributed by atoms with Crippen LogP contribution in [0.4, 0.5) is 5.69 Å². The summed E-state index contributed by atoms with van der Waals surface area (Å²) >= 11 is 0. The van der Waals surface area contributed by atoms with Crippen molar-refractivity contribution < 1.29 is 14.4 Å². The van der Waals surface area contributed by atoms with Crippen molar-refractivity contribution in [1.82, 2.24) is 10.2 Å². The molecule has 4 rings (SSSR count). The molecule has 3 heterocycles. The molecule has 6 nitrogen and oxygen atoms in total. The third-order valence-electron chi connectivity index (χ3n) is 6.91. The molecule has 1 spiro atoms. The molecule has 2 fully saturated rings. The van der Waals surface area contributed by atoms with Crippen molar-refractivity contribution >= 4 is 23.4 Å². The molecule has 1 aromatic rings. The van der Waals surface area contributed by atoms with E-state index < -0.39 is 17.4 Å². The molecule has 2 N–H and O–H groups in total. The van der Waals surface area contributed by atoms with Gasteiger partial charge >= 0.3 is 0 Å². The van der Waals surface area contributed by atoms with E-state index in [1.807, 2.05) is 45.9 Å². The smallest absolute Gasteiger partial charge is 0.250 e. The number of hydrogen-bond donors (Lipinski definition) is 2. The number of fused-ring (bicyclic) bond motifs is 4. The van der Waals surface area contributed by atoms with Gasteiger partial charge in [0.15, 0.2) is 0 Å². The van der Waals surface area contributed by atoms with Crippen molar-refractivity contribution in [3.05, 3.63) is 29.3 Å². The maximum Gasteiger partial charge on any atom is 0.250 e. The van der Waals surface area contributed by atoms with Crippen LogP contribution < -0.4 is 10.6 Å². The number of carbonyl (C=O) groups excluding carboxylic acids is 3. The summed E-state index contributed by atoms with van der Waals surface area (Å²) in [6, 6.07) is 5.54. The van der Waals surface area contributed by atoms with E-state index in [4.69, 9.17) is 0 Å². The van der Waals surface area contributed by atoms with Crippen molar-refractivity contribution in [3.8, 4) is 0 Å². The summed E-state index contributed by atoms with van der Waals surface area (Å²) in [6.45, 7) is 10.0. The van der Waals surface area contributed by atoms with Gasteiger partial charge in [-0.05, 0) is 37.3 Å². The van der Waals surface area contributed by atoms with E-state index >= 15 is 0 Å². The van der Waals surface area contributed by atoms with E-state index in [0.29, 0.717) is 6.42 Å². The zero-order chi connectivity index (χ0) is 20.4. The standard InChI is InChI=1S/C22H29N3O3/c1-6-12(5)25-19(26)16-17(20(25)27)22(24-18(16)11(3)4)14-10-13(7-2)8-9-15(14)23-21(22)28/h8-12,16-18,24H,6-7H2,1-5H3,(H,23,28). The average molecular weight is 383 g/mol. The Bertz CT molecular complexity index is 865. The summed E-state index contributed by atoms with van der Waals surface area (Å²) in [5.41, 5.74) is 1.48. The fourth-order valence-electron chi connectivity index (χ4n) is 5.21. The summed E-state index contributed by atoms with van der Waals surface area (Å²) in [5, 5.41) is 6.45. The zero-order valence-electron chi connectivity index (χ0n) is 17.2. The SMILES string of the molecule is CCc1ccc2c(c1)C1(NC(C(C)C)C3C(=O)N(C(C)CC)C(=O)C31)C(=O)N2. The van der Waals surface area contributed by atoms with Gasteiger partial charge in [0.05, 0.1) is 11.8 Å². The molecule has 1 aromatic carbocycles. The van der Waals surface area contributed by atoms with Crippen LogP contribution in [0.25, 0.3) is 0 Å². The minimum atomic E-state index is -1.17. The van der Waals surface area contributed by atoms with Gasteiger partial charge in [-0.15, -0.1) is 0 Å². The van der Waals surface area contributed by atoms with Crippen LogP contribution in [0.5, 0.6) is 0 Å². The fraction of sp³-hybridized carbons (Fsp3) is 0.591. The minimum absolute atomic E-state index is 0.117. The van der Waals surface area contributed by atoms with Crippen LogP contribution >= 0.6 is 0 Å². The highest BCUT2D eigenvalue weighted by Gasteiger charge is 2.71. The first kappa shape index (κ1) is 19.1. The van der Waals surface area contributed by atoms with Crippen molar-refractivity contribution in [2.45, 2.75) is 65.1 Å². The Morgan fingerprint density at radius 2 is 1.82 bits per heavy atom. The second-order valence-corrected chi connectivity index (χ2v) is 8.72. The quantitative estimate of drug-likeness (QED) is 0.783. The van der Waals surface area contributed by atoms with Crippen molar-refractivity contribution in [2.24, 2.45) is 17.8 Å². The Morgan fingerprint density at radius 3 is 2.43 bits per heavy atom. The highest BCUT2D eigenvalue weighted by atomic mass is 16.2. The topological polar surface area (TPSA) is 78.5 Å². The number of carbonyl (C=O) groups is 3. The van der Waals surface area contributed by atoms with Crippen LogP contribution in [-0.2, 0) is 26.3 Å². The summed E-state index contributed by atoms with van der Waals surface area (Å²) in [6.07, 6.45) is 1.54. The van der Waals surface area contributed by atoms with E-state index in [0.717, 1.165) is 23.2 Å². The molecule has 3 aliphatic heterocycles. The van der Waals surface area contributed by atoms with E-state index in [-0.39, 0.29) is 35.7 Å².